The molecule has 0 spiro atoms. The summed E-state index contributed by atoms with van der Waals surface area (Å²) in [5.74, 6) is 2.32. The number of fused-ring (bicyclic) bond motifs is 1. The number of anilines is 2. The van der Waals surface area contributed by atoms with Crippen molar-refractivity contribution in [3.63, 3.8) is 0 Å². The highest BCUT2D eigenvalue weighted by Gasteiger charge is 2.31. The van der Waals surface area contributed by atoms with E-state index >= 15 is 0 Å². The van der Waals surface area contributed by atoms with Gasteiger partial charge in [0.15, 0.2) is 12.0 Å². The van der Waals surface area contributed by atoms with E-state index < -0.39 is 0 Å². The Bertz CT molecular complexity index is 1450. The molecule has 10 heteroatoms. The number of pyridine rings is 2. The van der Waals surface area contributed by atoms with Crippen LogP contribution in [0.5, 0.6) is 5.75 Å². The first-order valence-corrected chi connectivity index (χ1v) is 14.2. The summed E-state index contributed by atoms with van der Waals surface area (Å²) in [6.45, 7) is 5.84. The van der Waals surface area contributed by atoms with Crippen LogP contribution < -0.4 is 9.64 Å². The fourth-order valence-corrected chi connectivity index (χ4v) is 6.05. The lowest BCUT2D eigenvalue weighted by Crippen LogP contribution is -2.32. The zero-order valence-electron chi connectivity index (χ0n) is 22.0. The predicted molar refractivity (Wildman–Crippen MR) is 152 cm³/mol. The topological polar surface area (TPSA) is 74.5 Å². The molecule has 3 aromatic heterocycles. The quantitative estimate of drug-likeness (QED) is 0.233. The van der Waals surface area contributed by atoms with Gasteiger partial charge in [-0.3, -0.25) is 4.98 Å². The van der Waals surface area contributed by atoms with Crippen LogP contribution in [-0.4, -0.2) is 45.6 Å². The van der Waals surface area contributed by atoms with Crippen LogP contribution in [0.1, 0.15) is 56.2 Å². The number of halogens is 2. The Labute approximate surface area is 237 Å². The van der Waals surface area contributed by atoms with Gasteiger partial charge >= 0.3 is 0 Å². The number of hydrogen-bond acceptors (Lipinski definition) is 7. The monoisotopic (exact) mass is 567 g/mol. The largest absolute Gasteiger partial charge is 0.486 e. The molecule has 4 aromatic rings. The number of benzene rings is 1. The van der Waals surface area contributed by atoms with E-state index in [4.69, 9.17) is 47.5 Å². The average Bonchev–Trinajstić information content (AvgIpc) is 3.61. The molecule has 204 valence electrons. The highest BCUT2D eigenvalue weighted by molar-refractivity contribution is 6.36. The minimum absolute atomic E-state index is 0.111. The molecule has 8 nitrogen and oxygen atoms in total. The van der Waals surface area contributed by atoms with Gasteiger partial charge in [0.2, 0.25) is 0 Å². The smallest absolute Gasteiger partial charge is 0.164 e. The molecule has 0 bridgehead atoms. The third-order valence-electron chi connectivity index (χ3n) is 7.38. The second-order valence-corrected chi connectivity index (χ2v) is 10.8. The molecule has 0 amide bonds. The Balaban J connectivity index is 1.45. The highest BCUT2D eigenvalue weighted by atomic mass is 35.5. The Morgan fingerprint density at radius 2 is 2.00 bits per heavy atom. The molecular weight excluding hydrogens is 537 g/mol. The summed E-state index contributed by atoms with van der Waals surface area (Å²) < 4.78 is 20.4. The maximum Gasteiger partial charge on any atom is 0.164 e. The summed E-state index contributed by atoms with van der Waals surface area (Å²) in [6.07, 6.45) is 6.88. The molecule has 0 radical (unpaired) electrons. The van der Waals surface area contributed by atoms with Crippen molar-refractivity contribution in [2.45, 2.75) is 57.9 Å². The molecule has 5 heterocycles. The van der Waals surface area contributed by atoms with Crippen LogP contribution in [0.4, 0.5) is 11.6 Å². The second-order valence-electron chi connectivity index (χ2n) is 10.0. The normalized spacial score (nSPS) is 20.3. The van der Waals surface area contributed by atoms with Crippen molar-refractivity contribution in [3.8, 4) is 5.75 Å². The summed E-state index contributed by atoms with van der Waals surface area (Å²) in [7, 11) is 0. The zero-order valence-corrected chi connectivity index (χ0v) is 23.5. The molecule has 0 saturated carbocycles. The Hall–Kier alpha value is -2.91. The van der Waals surface area contributed by atoms with Crippen molar-refractivity contribution in [3.05, 3.63) is 70.1 Å². The lowest BCUT2D eigenvalue weighted by molar-refractivity contribution is -0.0365. The van der Waals surface area contributed by atoms with E-state index in [1.807, 2.05) is 55.1 Å². The lowest BCUT2D eigenvalue weighted by Gasteiger charge is -2.27. The summed E-state index contributed by atoms with van der Waals surface area (Å²) in [5.41, 5.74) is 2.41. The number of nitrogens with zero attached hydrogens (tertiary/aromatic N) is 5. The lowest BCUT2D eigenvalue weighted by atomic mass is 10.1. The molecule has 39 heavy (non-hydrogen) atoms. The SMILES string of the molecule is Cc1ncc(Cl)c([C@@H](C)Oc2ccc3c(c2)c(N(c2ccccn2)[C@@H]2CCOC2)nn3C2CCCCO2)c1Cl. The molecule has 2 saturated heterocycles. The van der Waals surface area contributed by atoms with Crippen LogP contribution in [-0.2, 0) is 9.47 Å². The minimum atomic E-state index is -0.389. The second kappa shape index (κ2) is 11.3. The molecule has 0 N–H and O–H groups in total. The molecule has 1 aromatic carbocycles. The van der Waals surface area contributed by atoms with E-state index in [-0.39, 0.29) is 18.4 Å². The van der Waals surface area contributed by atoms with Crippen molar-refractivity contribution in [1.29, 1.82) is 0 Å². The Morgan fingerprint density at radius 1 is 1.10 bits per heavy atom. The van der Waals surface area contributed by atoms with E-state index in [0.29, 0.717) is 34.7 Å². The number of hydrogen-bond donors (Lipinski definition) is 0. The van der Waals surface area contributed by atoms with E-state index in [1.54, 1.807) is 6.20 Å². The van der Waals surface area contributed by atoms with Crippen LogP contribution in [0.2, 0.25) is 10.0 Å². The number of rotatable bonds is 7. The zero-order chi connectivity index (χ0) is 26.9. The first-order valence-electron chi connectivity index (χ1n) is 13.4. The number of aryl methyl sites for hydroxylation is 1. The van der Waals surface area contributed by atoms with Crippen molar-refractivity contribution in [2.24, 2.45) is 0 Å². The van der Waals surface area contributed by atoms with E-state index in [2.05, 4.69) is 16.0 Å². The Kier molecular flexibility index (Phi) is 7.62. The number of aromatic nitrogens is 4. The summed E-state index contributed by atoms with van der Waals surface area (Å²) in [5, 5.41) is 7.11. The average molecular weight is 569 g/mol. The van der Waals surface area contributed by atoms with Crippen molar-refractivity contribution >= 4 is 45.7 Å². The minimum Gasteiger partial charge on any atom is -0.486 e. The van der Waals surface area contributed by atoms with E-state index in [9.17, 15) is 0 Å². The van der Waals surface area contributed by atoms with Gasteiger partial charge in [0.25, 0.3) is 0 Å². The molecule has 0 aliphatic carbocycles. The van der Waals surface area contributed by atoms with Gasteiger partial charge in [0.1, 0.15) is 17.7 Å². The van der Waals surface area contributed by atoms with Crippen LogP contribution in [0.25, 0.3) is 10.9 Å². The van der Waals surface area contributed by atoms with Crippen LogP contribution in [0.15, 0.2) is 48.8 Å². The standard InChI is InChI=1S/C29H31Cl2N5O3/c1-18-28(31)27(23(30)16-33-18)19(2)39-21-9-10-24-22(15-21)29(34-36(24)26-8-4-6-13-38-26)35(20-11-14-37-17-20)25-7-3-5-12-32-25/h3,5,7,9-10,12,15-16,19-20,26H,4,6,8,11,13-14,17H2,1-2H3/t19-,20-,26?/m1/s1. The maximum atomic E-state index is 6.57. The Morgan fingerprint density at radius 3 is 2.74 bits per heavy atom. The first-order chi connectivity index (χ1) is 19.0. The van der Waals surface area contributed by atoms with Crippen LogP contribution in [0, 0.1) is 6.92 Å². The molecule has 1 unspecified atom stereocenters. The van der Waals surface area contributed by atoms with E-state index in [0.717, 1.165) is 60.4 Å². The van der Waals surface area contributed by atoms with Crippen LogP contribution >= 0.6 is 23.2 Å². The summed E-state index contributed by atoms with van der Waals surface area (Å²) >= 11 is 13.0. The summed E-state index contributed by atoms with van der Waals surface area (Å²) in [4.78, 5) is 11.1. The first kappa shape index (κ1) is 26.3. The van der Waals surface area contributed by atoms with Gasteiger partial charge in [-0.05, 0) is 69.9 Å². The molecule has 3 atom stereocenters. The molecule has 2 aliphatic heterocycles. The third kappa shape index (κ3) is 5.18. The van der Waals surface area contributed by atoms with Crippen molar-refractivity contribution in [2.75, 3.05) is 24.7 Å². The molecule has 2 aliphatic rings. The van der Waals surface area contributed by atoms with Gasteiger partial charge in [-0.2, -0.15) is 5.10 Å². The molecular formula is C29H31Cl2N5O3. The van der Waals surface area contributed by atoms with Gasteiger partial charge in [-0.15, -0.1) is 0 Å². The van der Waals surface area contributed by atoms with Gasteiger partial charge in [0, 0.05) is 36.6 Å². The van der Waals surface area contributed by atoms with Gasteiger partial charge in [-0.1, -0.05) is 29.3 Å². The molecule has 6 rings (SSSR count). The fourth-order valence-electron chi connectivity index (χ4n) is 5.40. The fraction of sp³-hybridized carbons (Fsp3) is 0.414. The van der Waals surface area contributed by atoms with Crippen molar-refractivity contribution < 1.29 is 14.2 Å². The van der Waals surface area contributed by atoms with Gasteiger partial charge in [0.05, 0.1) is 33.9 Å². The van der Waals surface area contributed by atoms with Crippen LogP contribution in [0.3, 0.4) is 0 Å². The number of ether oxygens (including phenoxy) is 3. The van der Waals surface area contributed by atoms with E-state index in [1.165, 1.54) is 0 Å². The predicted octanol–water partition coefficient (Wildman–Crippen LogP) is 7.21. The van der Waals surface area contributed by atoms with Gasteiger partial charge < -0.3 is 19.1 Å². The van der Waals surface area contributed by atoms with Gasteiger partial charge in [-0.25, -0.2) is 9.67 Å². The van der Waals surface area contributed by atoms with Crippen molar-refractivity contribution in [1.82, 2.24) is 19.7 Å². The molecule has 2 fully saturated rings. The summed E-state index contributed by atoms with van der Waals surface area (Å²) in [6, 6.07) is 12.1. The maximum absolute atomic E-state index is 6.57. The third-order valence-corrected chi connectivity index (χ3v) is 8.16. The highest BCUT2D eigenvalue weighted by Crippen LogP contribution is 2.40.